The average Bonchev–Trinajstić information content (AvgIpc) is 3.18. The second kappa shape index (κ2) is 11.1. The fourth-order valence-electron chi connectivity index (χ4n) is 5.21. The summed E-state index contributed by atoms with van der Waals surface area (Å²) in [6.45, 7) is 1.58. The van der Waals surface area contributed by atoms with Crippen molar-refractivity contribution in [3.63, 3.8) is 0 Å². The van der Waals surface area contributed by atoms with Gasteiger partial charge in [-0.15, -0.1) is 0 Å². The Bertz CT molecular complexity index is 1380. The summed E-state index contributed by atoms with van der Waals surface area (Å²) in [6.07, 6.45) is 1.59. The summed E-state index contributed by atoms with van der Waals surface area (Å²) in [5.74, 6) is -1.67. The highest BCUT2D eigenvalue weighted by molar-refractivity contribution is 6.23. The van der Waals surface area contributed by atoms with E-state index in [1.165, 1.54) is 24.3 Å². The number of nitro benzene ring substituents is 1. The van der Waals surface area contributed by atoms with Gasteiger partial charge in [0.25, 0.3) is 17.5 Å². The molecule has 3 aliphatic rings. The highest BCUT2D eigenvalue weighted by atomic mass is 16.7. The third kappa shape index (κ3) is 5.48. The monoisotopic (exact) mass is 550 g/mol. The number of hydrogen-bond donors (Lipinski definition) is 1. The summed E-state index contributed by atoms with van der Waals surface area (Å²) in [4.78, 5) is 74.9. The molecule has 3 aliphatic heterocycles. The van der Waals surface area contributed by atoms with E-state index in [2.05, 4.69) is 10.2 Å². The van der Waals surface area contributed by atoms with Gasteiger partial charge in [-0.25, -0.2) is 4.79 Å². The Morgan fingerprint density at radius 3 is 2.35 bits per heavy atom. The van der Waals surface area contributed by atoms with Crippen LogP contribution in [0.5, 0.6) is 5.75 Å². The minimum atomic E-state index is -1.00. The van der Waals surface area contributed by atoms with E-state index in [1.807, 2.05) is 0 Å². The van der Waals surface area contributed by atoms with Crippen molar-refractivity contribution < 1.29 is 38.4 Å². The van der Waals surface area contributed by atoms with E-state index in [9.17, 15) is 34.1 Å². The molecule has 13 nitrogen and oxygen atoms in total. The highest BCUT2D eigenvalue weighted by Crippen LogP contribution is 2.32. The zero-order chi connectivity index (χ0) is 28.4. The number of piperidine rings is 2. The lowest BCUT2D eigenvalue weighted by Gasteiger charge is -2.33. The van der Waals surface area contributed by atoms with Crippen LogP contribution in [0, 0.1) is 16.0 Å². The summed E-state index contributed by atoms with van der Waals surface area (Å²) in [5.41, 5.74) is 1.17. The van der Waals surface area contributed by atoms with Crippen LogP contribution >= 0.6 is 0 Å². The van der Waals surface area contributed by atoms with Gasteiger partial charge in [-0.05, 0) is 61.9 Å². The minimum Gasteiger partial charge on any atom is -0.434 e. The van der Waals surface area contributed by atoms with Gasteiger partial charge in [-0.3, -0.25) is 39.5 Å². The Hall–Kier alpha value is -4.81. The third-order valence-electron chi connectivity index (χ3n) is 7.40. The molecule has 3 heterocycles. The number of non-ortho nitro benzene ring substituents is 1. The number of carbonyl (C=O) groups excluding carboxylic acids is 5. The Morgan fingerprint density at radius 2 is 1.68 bits per heavy atom. The minimum absolute atomic E-state index is 0.0655. The third-order valence-corrected chi connectivity index (χ3v) is 7.40. The molecule has 1 unspecified atom stereocenters. The molecule has 2 fully saturated rings. The lowest BCUT2D eigenvalue weighted by Crippen LogP contribution is -2.54. The number of amides is 4. The van der Waals surface area contributed by atoms with Gasteiger partial charge in [0.2, 0.25) is 11.8 Å². The van der Waals surface area contributed by atoms with Crippen LogP contribution in [0.2, 0.25) is 0 Å². The van der Waals surface area contributed by atoms with Crippen LogP contribution < -0.4 is 15.0 Å². The molecule has 0 spiro atoms. The van der Waals surface area contributed by atoms with Crippen molar-refractivity contribution in [2.45, 2.75) is 38.1 Å². The molecular formula is C27H26N4O9. The van der Waals surface area contributed by atoms with E-state index in [0.717, 1.165) is 23.4 Å². The predicted octanol–water partition coefficient (Wildman–Crippen LogP) is 2.82. The zero-order valence-electron chi connectivity index (χ0n) is 21.4. The van der Waals surface area contributed by atoms with Gasteiger partial charge in [0.1, 0.15) is 11.8 Å². The Balaban J connectivity index is 1.10. The topological polar surface area (TPSA) is 165 Å². The summed E-state index contributed by atoms with van der Waals surface area (Å²) in [6, 6.07) is 9.19. The summed E-state index contributed by atoms with van der Waals surface area (Å²) in [7, 11) is 0. The van der Waals surface area contributed by atoms with Crippen molar-refractivity contribution in [3.05, 3.63) is 63.7 Å². The number of ether oxygens (including phenoxy) is 2. The Kier molecular flexibility index (Phi) is 7.45. The second-order valence-corrected chi connectivity index (χ2v) is 9.85. The zero-order valence-corrected chi connectivity index (χ0v) is 21.4. The van der Waals surface area contributed by atoms with Gasteiger partial charge in [0.05, 0.1) is 22.7 Å². The van der Waals surface area contributed by atoms with Crippen LogP contribution in [0.3, 0.4) is 0 Å². The molecule has 4 amide bonds. The molecule has 5 rings (SSSR count). The fourth-order valence-corrected chi connectivity index (χ4v) is 5.21. The van der Waals surface area contributed by atoms with Gasteiger partial charge in [-0.2, -0.15) is 0 Å². The number of nitrogens with one attached hydrogen (secondary N) is 1. The van der Waals surface area contributed by atoms with E-state index < -0.39 is 40.7 Å². The smallest absolute Gasteiger partial charge is 0.434 e. The van der Waals surface area contributed by atoms with E-state index in [0.29, 0.717) is 25.4 Å². The summed E-state index contributed by atoms with van der Waals surface area (Å²) in [5, 5.41) is 12.9. The maximum atomic E-state index is 13.1. The molecule has 0 aliphatic carbocycles. The maximum absolute atomic E-state index is 13.1. The van der Waals surface area contributed by atoms with Crippen LogP contribution in [0.25, 0.3) is 0 Å². The maximum Gasteiger partial charge on any atom is 0.513 e. The highest BCUT2D eigenvalue weighted by Gasteiger charge is 2.44. The van der Waals surface area contributed by atoms with Gasteiger partial charge in [0.15, 0.2) is 0 Å². The molecule has 2 aromatic carbocycles. The Morgan fingerprint density at radius 1 is 0.975 bits per heavy atom. The molecule has 0 bridgehead atoms. The van der Waals surface area contributed by atoms with Crippen LogP contribution in [0.1, 0.15) is 52.8 Å². The van der Waals surface area contributed by atoms with E-state index in [4.69, 9.17) is 9.47 Å². The van der Waals surface area contributed by atoms with Crippen molar-refractivity contribution in [2.75, 3.05) is 24.6 Å². The molecule has 0 aromatic heterocycles. The van der Waals surface area contributed by atoms with E-state index >= 15 is 0 Å². The SMILES string of the molecule is O=C1CCC(N2C(=O)c3ccc(N4CCC(CCOC(=O)Oc5ccc([N+](=O)[O-])cc5)CC4)cc3C2=O)C(=O)N1. The van der Waals surface area contributed by atoms with Crippen molar-refractivity contribution >= 4 is 41.2 Å². The van der Waals surface area contributed by atoms with Gasteiger partial charge in [-0.1, -0.05) is 0 Å². The first kappa shape index (κ1) is 26.8. The number of benzene rings is 2. The Labute approximate surface area is 228 Å². The van der Waals surface area contributed by atoms with Crippen molar-refractivity contribution in [2.24, 2.45) is 5.92 Å². The molecule has 0 saturated carbocycles. The van der Waals surface area contributed by atoms with Crippen LogP contribution in [-0.2, 0) is 14.3 Å². The second-order valence-electron chi connectivity index (χ2n) is 9.85. The van der Waals surface area contributed by atoms with Crippen LogP contribution in [0.4, 0.5) is 16.2 Å². The standard InChI is InChI=1S/C27H26N4O9/c32-23-8-7-22(24(33)28-23)30-25(34)20-6-3-18(15-21(20)26(30)35)29-12-9-16(10-13-29)11-14-39-27(36)40-19-4-1-17(2-5-19)31(37)38/h1-6,15-16,22H,7-14H2,(H,28,32,33). The summed E-state index contributed by atoms with van der Waals surface area (Å²) >= 11 is 0. The first-order chi connectivity index (χ1) is 19.2. The molecule has 40 heavy (non-hydrogen) atoms. The number of nitrogens with zero attached hydrogens (tertiary/aromatic N) is 3. The molecule has 2 saturated heterocycles. The number of nitro groups is 1. The lowest BCUT2D eigenvalue weighted by molar-refractivity contribution is -0.384. The quantitative estimate of drug-likeness (QED) is 0.178. The van der Waals surface area contributed by atoms with E-state index in [-0.39, 0.29) is 42.0 Å². The number of anilines is 1. The average molecular weight is 551 g/mol. The predicted molar refractivity (Wildman–Crippen MR) is 138 cm³/mol. The lowest BCUT2D eigenvalue weighted by atomic mass is 9.93. The summed E-state index contributed by atoms with van der Waals surface area (Å²) < 4.78 is 10.2. The molecule has 2 aromatic rings. The number of fused-ring (bicyclic) bond motifs is 1. The van der Waals surface area contributed by atoms with Crippen molar-refractivity contribution in [1.82, 2.24) is 10.2 Å². The molecule has 208 valence electrons. The van der Waals surface area contributed by atoms with Gasteiger partial charge < -0.3 is 14.4 Å². The molecular weight excluding hydrogens is 524 g/mol. The largest absolute Gasteiger partial charge is 0.513 e. The normalized spacial score (nSPS) is 19.4. The van der Waals surface area contributed by atoms with Gasteiger partial charge >= 0.3 is 6.16 Å². The van der Waals surface area contributed by atoms with Crippen LogP contribution in [-0.4, -0.2) is 65.3 Å². The van der Waals surface area contributed by atoms with E-state index in [1.54, 1.807) is 18.2 Å². The fraction of sp³-hybridized carbons (Fsp3) is 0.370. The number of hydrogen-bond acceptors (Lipinski definition) is 10. The van der Waals surface area contributed by atoms with Crippen LogP contribution in [0.15, 0.2) is 42.5 Å². The first-order valence-corrected chi connectivity index (χ1v) is 12.9. The van der Waals surface area contributed by atoms with Crippen molar-refractivity contribution in [3.8, 4) is 5.75 Å². The number of carbonyl (C=O) groups is 5. The van der Waals surface area contributed by atoms with Gasteiger partial charge in [0, 0.05) is 37.3 Å². The first-order valence-electron chi connectivity index (χ1n) is 12.9. The molecule has 1 N–H and O–H groups in total. The molecule has 1 atom stereocenters. The number of imide groups is 2. The van der Waals surface area contributed by atoms with Crippen molar-refractivity contribution in [1.29, 1.82) is 0 Å². The molecule has 13 heteroatoms. The molecule has 0 radical (unpaired) electrons. The number of rotatable bonds is 7.